The Bertz CT molecular complexity index is 982. The van der Waals surface area contributed by atoms with Crippen LogP contribution in [0.25, 0.3) is 6.08 Å². The maximum Gasteiger partial charge on any atom is 0.288 e. The van der Waals surface area contributed by atoms with Crippen molar-refractivity contribution in [1.82, 2.24) is 5.32 Å². The molecule has 0 aromatic heterocycles. The smallest absolute Gasteiger partial charge is 0.288 e. The van der Waals surface area contributed by atoms with Crippen molar-refractivity contribution in [3.63, 3.8) is 0 Å². The summed E-state index contributed by atoms with van der Waals surface area (Å²) in [5, 5.41) is 22.8. The molecule has 0 radical (unpaired) electrons. The van der Waals surface area contributed by atoms with Crippen LogP contribution in [0.5, 0.6) is 11.5 Å². The molecule has 0 fully saturated rings. The van der Waals surface area contributed by atoms with Crippen LogP contribution < -0.4 is 14.8 Å². The summed E-state index contributed by atoms with van der Waals surface area (Å²) < 4.78 is 10.4. The molecule has 0 aliphatic carbocycles. The number of nitrogens with one attached hydrogen (secondary N) is 1. The van der Waals surface area contributed by atoms with Gasteiger partial charge in [0, 0.05) is 24.2 Å². The Kier molecular flexibility index (Phi) is 6.96. The van der Waals surface area contributed by atoms with Gasteiger partial charge in [-0.2, -0.15) is 5.26 Å². The molecule has 2 aromatic rings. The van der Waals surface area contributed by atoms with Crippen molar-refractivity contribution >= 4 is 29.3 Å². The van der Waals surface area contributed by atoms with Gasteiger partial charge in [-0.25, -0.2) is 0 Å². The van der Waals surface area contributed by atoms with E-state index in [-0.39, 0.29) is 22.8 Å². The third kappa shape index (κ3) is 4.99. The number of ether oxygens (including phenoxy) is 2. The second-order valence-electron chi connectivity index (χ2n) is 5.50. The second kappa shape index (κ2) is 9.39. The number of nitriles is 1. The highest BCUT2D eigenvalue weighted by atomic mass is 35.5. The highest BCUT2D eigenvalue weighted by molar-refractivity contribution is 6.32. The number of methoxy groups -OCH3 is 2. The van der Waals surface area contributed by atoms with Crippen molar-refractivity contribution in [2.75, 3.05) is 14.2 Å². The predicted molar refractivity (Wildman–Crippen MR) is 103 cm³/mol. The van der Waals surface area contributed by atoms with Gasteiger partial charge in [-0.05, 0) is 29.8 Å². The first-order chi connectivity index (χ1) is 13.4. The average molecular weight is 402 g/mol. The second-order valence-corrected chi connectivity index (χ2v) is 5.91. The molecule has 2 aromatic carbocycles. The number of hydrogen-bond donors (Lipinski definition) is 1. The summed E-state index contributed by atoms with van der Waals surface area (Å²) in [6.07, 6.45) is 1.25. The van der Waals surface area contributed by atoms with E-state index in [9.17, 15) is 20.2 Å². The molecule has 0 aliphatic rings. The van der Waals surface area contributed by atoms with E-state index in [1.165, 1.54) is 38.5 Å². The third-order valence-electron chi connectivity index (χ3n) is 3.78. The number of rotatable bonds is 7. The van der Waals surface area contributed by atoms with E-state index < -0.39 is 10.8 Å². The Morgan fingerprint density at radius 3 is 2.64 bits per heavy atom. The molecule has 0 atom stereocenters. The average Bonchev–Trinajstić information content (AvgIpc) is 2.70. The Morgan fingerprint density at radius 2 is 2.04 bits per heavy atom. The minimum Gasteiger partial charge on any atom is -0.497 e. The van der Waals surface area contributed by atoms with E-state index in [1.807, 2.05) is 0 Å². The largest absolute Gasteiger partial charge is 0.497 e. The first kappa shape index (κ1) is 20.7. The summed E-state index contributed by atoms with van der Waals surface area (Å²) in [5.41, 5.74) is 0.487. The third-order valence-corrected chi connectivity index (χ3v) is 4.10. The van der Waals surface area contributed by atoms with Gasteiger partial charge in [0.15, 0.2) is 0 Å². The fourth-order valence-electron chi connectivity index (χ4n) is 2.34. The van der Waals surface area contributed by atoms with Crippen LogP contribution >= 0.6 is 11.6 Å². The van der Waals surface area contributed by atoms with Crippen molar-refractivity contribution < 1.29 is 19.2 Å². The Balaban J connectivity index is 2.19. The first-order valence-electron chi connectivity index (χ1n) is 7.94. The molecule has 1 amide bonds. The number of carbonyl (C=O) groups excluding carboxylic acids is 1. The number of nitrogens with zero attached hydrogens (tertiary/aromatic N) is 2. The lowest BCUT2D eigenvalue weighted by Gasteiger charge is -2.11. The number of benzene rings is 2. The zero-order valence-electron chi connectivity index (χ0n) is 15.1. The number of nitro groups is 1. The van der Waals surface area contributed by atoms with Gasteiger partial charge in [0.25, 0.3) is 11.6 Å². The van der Waals surface area contributed by atoms with Crippen molar-refractivity contribution in [2.45, 2.75) is 6.54 Å². The Labute approximate surface area is 166 Å². The van der Waals surface area contributed by atoms with Crippen molar-refractivity contribution in [3.05, 3.63) is 68.2 Å². The molecule has 28 heavy (non-hydrogen) atoms. The molecular formula is C19H16ClN3O5. The summed E-state index contributed by atoms with van der Waals surface area (Å²) in [6.45, 7) is 0.117. The van der Waals surface area contributed by atoms with Crippen LogP contribution in [0.4, 0.5) is 5.69 Å². The lowest BCUT2D eigenvalue weighted by atomic mass is 10.1. The number of carbonyl (C=O) groups is 1. The van der Waals surface area contributed by atoms with Crippen LogP contribution in [-0.2, 0) is 11.3 Å². The quantitative estimate of drug-likeness (QED) is 0.328. The molecule has 144 valence electrons. The number of amides is 1. The van der Waals surface area contributed by atoms with Gasteiger partial charge in [-0.1, -0.05) is 17.7 Å². The van der Waals surface area contributed by atoms with E-state index in [4.69, 9.17) is 21.1 Å². The molecule has 9 heteroatoms. The van der Waals surface area contributed by atoms with Crippen LogP contribution in [0.1, 0.15) is 11.1 Å². The van der Waals surface area contributed by atoms with Crippen LogP contribution in [0.2, 0.25) is 5.02 Å². The van der Waals surface area contributed by atoms with Crippen molar-refractivity contribution in [1.29, 1.82) is 5.26 Å². The van der Waals surface area contributed by atoms with Gasteiger partial charge in [-0.15, -0.1) is 0 Å². The lowest BCUT2D eigenvalue weighted by Crippen LogP contribution is -2.24. The van der Waals surface area contributed by atoms with Crippen LogP contribution in [0.3, 0.4) is 0 Å². The number of halogens is 1. The first-order valence-corrected chi connectivity index (χ1v) is 8.32. The summed E-state index contributed by atoms with van der Waals surface area (Å²) in [4.78, 5) is 22.7. The molecule has 0 bridgehead atoms. The van der Waals surface area contributed by atoms with Gasteiger partial charge in [0.1, 0.15) is 28.2 Å². The number of hydrogen-bond acceptors (Lipinski definition) is 6. The normalized spacial score (nSPS) is 10.7. The standard InChI is InChI=1S/C19H16ClN3O5/c1-27-15-5-4-13(18(9-15)28-2)11-22-19(24)14(10-21)7-12-3-6-16(20)17(8-12)23(25)26/h3-9H,11H2,1-2H3,(H,22,24)/b14-7+. The molecule has 1 N–H and O–H groups in total. The Hall–Kier alpha value is -3.57. The van der Waals surface area contributed by atoms with Gasteiger partial charge < -0.3 is 14.8 Å². The van der Waals surface area contributed by atoms with E-state index in [0.717, 1.165) is 0 Å². The van der Waals surface area contributed by atoms with Gasteiger partial charge in [-0.3, -0.25) is 14.9 Å². The monoisotopic (exact) mass is 401 g/mol. The van der Waals surface area contributed by atoms with E-state index in [0.29, 0.717) is 22.6 Å². The zero-order chi connectivity index (χ0) is 20.7. The predicted octanol–water partition coefficient (Wildman–Crippen LogP) is 3.49. The highest BCUT2D eigenvalue weighted by Gasteiger charge is 2.15. The van der Waals surface area contributed by atoms with E-state index >= 15 is 0 Å². The Morgan fingerprint density at radius 1 is 1.29 bits per heavy atom. The highest BCUT2D eigenvalue weighted by Crippen LogP contribution is 2.26. The molecule has 0 aliphatic heterocycles. The van der Waals surface area contributed by atoms with Crippen LogP contribution in [0, 0.1) is 21.4 Å². The molecule has 0 saturated heterocycles. The van der Waals surface area contributed by atoms with Crippen molar-refractivity contribution in [3.8, 4) is 17.6 Å². The van der Waals surface area contributed by atoms with Gasteiger partial charge in [0.05, 0.1) is 19.1 Å². The molecule has 0 unspecified atom stereocenters. The number of nitro benzene ring substituents is 1. The fourth-order valence-corrected chi connectivity index (χ4v) is 2.53. The zero-order valence-corrected chi connectivity index (χ0v) is 15.8. The lowest BCUT2D eigenvalue weighted by molar-refractivity contribution is -0.384. The van der Waals surface area contributed by atoms with Gasteiger partial charge >= 0.3 is 0 Å². The summed E-state index contributed by atoms with van der Waals surface area (Å²) in [6, 6.07) is 10.9. The molecule has 2 rings (SSSR count). The molecule has 0 saturated carbocycles. The maximum absolute atomic E-state index is 12.3. The summed E-state index contributed by atoms with van der Waals surface area (Å²) in [5.74, 6) is 0.502. The molecule has 8 nitrogen and oxygen atoms in total. The fraction of sp³-hybridized carbons (Fsp3) is 0.158. The van der Waals surface area contributed by atoms with Crippen molar-refractivity contribution in [2.24, 2.45) is 0 Å². The SMILES string of the molecule is COc1ccc(CNC(=O)/C(C#N)=C/c2ccc(Cl)c([N+](=O)[O-])c2)c(OC)c1. The minimum atomic E-state index is -0.637. The van der Waals surface area contributed by atoms with Gasteiger partial charge in [0.2, 0.25) is 0 Å². The molecule has 0 spiro atoms. The minimum absolute atomic E-state index is 0.0308. The summed E-state index contributed by atoms with van der Waals surface area (Å²) >= 11 is 5.76. The van der Waals surface area contributed by atoms with E-state index in [1.54, 1.807) is 24.3 Å². The van der Waals surface area contributed by atoms with Crippen LogP contribution in [-0.4, -0.2) is 25.1 Å². The molecular weight excluding hydrogens is 386 g/mol. The topological polar surface area (TPSA) is 114 Å². The van der Waals surface area contributed by atoms with Crippen LogP contribution in [0.15, 0.2) is 42.0 Å². The molecule has 0 heterocycles. The summed E-state index contributed by atoms with van der Waals surface area (Å²) in [7, 11) is 3.02. The maximum atomic E-state index is 12.3. The van der Waals surface area contributed by atoms with E-state index in [2.05, 4.69) is 5.32 Å².